The molecule has 27 heavy (non-hydrogen) atoms. The van der Waals surface area contributed by atoms with E-state index in [0.29, 0.717) is 17.4 Å². The van der Waals surface area contributed by atoms with Gasteiger partial charge in [-0.3, -0.25) is 0 Å². The molecular formula is C20H18ClFN4O. The van der Waals surface area contributed by atoms with Crippen molar-refractivity contribution in [2.45, 2.75) is 12.5 Å². The number of fused-ring (bicyclic) bond motifs is 1. The lowest BCUT2D eigenvalue weighted by atomic mass is 10.1. The van der Waals surface area contributed by atoms with Gasteiger partial charge in [0, 0.05) is 30.2 Å². The first-order chi connectivity index (χ1) is 13.1. The number of hydrogen-bond donors (Lipinski definition) is 2. The Morgan fingerprint density at radius 3 is 2.78 bits per heavy atom. The quantitative estimate of drug-likeness (QED) is 0.657. The van der Waals surface area contributed by atoms with Crippen LogP contribution in [0.4, 0.5) is 20.7 Å². The number of urea groups is 1. The fourth-order valence-electron chi connectivity index (χ4n) is 3.35. The number of carbonyl (C=O) groups excluding carboxylic acids is 1. The third-order valence-electron chi connectivity index (χ3n) is 4.61. The van der Waals surface area contributed by atoms with Crippen molar-refractivity contribution in [2.24, 2.45) is 0 Å². The molecule has 1 aromatic heterocycles. The standard InChI is InChI=1S/C20H18ClFN4O/c21-18-11-13-3-1-2-4-17(13)19(25-18)26-10-9-16(12-26)24-20(27)23-15-7-5-14(22)6-8-15/h1-8,11,16H,9-10,12H2,(H2,23,24,27). The van der Waals surface area contributed by atoms with E-state index in [0.717, 1.165) is 29.6 Å². The van der Waals surface area contributed by atoms with Crippen molar-refractivity contribution in [3.8, 4) is 0 Å². The van der Waals surface area contributed by atoms with Gasteiger partial charge in [0.05, 0.1) is 0 Å². The highest BCUT2D eigenvalue weighted by Crippen LogP contribution is 2.29. The normalized spacial score (nSPS) is 16.5. The molecule has 0 aliphatic carbocycles. The summed E-state index contributed by atoms with van der Waals surface area (Å²) in [5.41, 5.74) is 0.547. The summed E-state index contributed by atoms with van der Waals surface area (Å²) in [6, 6.07) is 15.2. The van der Waals surface area contributed by atoms with Crippen molar-refractivity contribution < 1.29 is 9.18 Å². The smallest absolute Gasteiger partial charge is 0.319 e. The molecule has 5 nitrogen and oxygen atoms in total. The summed E-state index contributed by atoms with van der Waals surface area (Å²) < 4.78 is 12.9. The zero-order valence-electron chi connectivity index (χ0n) is 14.5. The maximum Gasteiger partial charge on any atom is 0.319 e. The van der Waals surface area contributed by atoms with Crippen LogP contribution in [0.5, 0.6) is 0 Å². The SMILES string of the molecule is O=C(Nc1ccc(F)cc1)NC1CCN(c2nc(Cl)cc3ccccc23)C1. The maximum atomic E-state index is 12.9. The van der Waals surface area contributed by atoms with Crippen LogP contribution in [-0.2, 0) is 0 Å². The van der Waals surface area contributed by atoms with Crippen LogP contribution >= 0.6 is 11.6 Å². The molecule has 4 rings (SSSR count). The van der Waals surface area contributed by atoms with Crippen LogP contribution in [-0.4, -0.2) is 30.1 Å². The van der Waals surface area contributed by atoms with Gasteiger partial charge in [0.15, 0.2) is 0 Å². The third-order valence-corrected chi connectivity index (χ3v) is 4.81. The van der Waals surface area contributed by atoms with E-state index in [1.54, 1.807) is 0 Å². The molecule has 0 radical (unpaired) electrons. The highest BCUT2D eigenvalue weighted by Gasteiger charge is 2.26. The highest BCUT2D eigenvalue weighted by atomic mass is 35.5. The molecule has 2 aromatic carbocycles. The molecule has 7 heteroatoms. The number of carbonyl (C=O) groups is 1. The Morgan fingerprint density at radius 1 is 1.19 bits per heavy atom. The van der Waals surface area contributed by atoms with Crippen LogP contribution in [0.3, 0.4) is 0 Å². The van der Waals surface area contributed by atoms with Crippen LogP contribution < -0.4 is 15.5 Å². The lowest BCUT2D eigenvalue weighted by molar-refractivity contribution is 0.249. The second-order valence-electron chi connectivity index (χ2n) is 6.53. The van der Waals surface area contributed by atoms with Gasteiger partial charge in [-0.25, -0.2) is 14.2 Å². The zero-order valence-corrected chi connectivity index (χ0v) is 15.2. The Labute approximate surface area is 161 Å². The van der Waals surface area contributed by atoms with E-state index in [1.807, 2.05) is 30.3 Å². The fourth-order valence-corrected chi connectivity index (χ4v) is 3.54. The molecule has 2 amide bonds. The molecule has 1 aliphatic heterocycles. The average molecular weight is 385 g/mol. The first-order valence-electron chi connectivity index (χ1n) is 8.72. The van der Waals surface area contributed by atoms with E-state index in [-0.39, 0.29) is 17.9 Å². The summed E-state index contributed by atoms with van der Waals surface area (Å²) >= 11 is 6.18. The first-order valence-corrected chi connectivity index (χ1v) is 9.09. The third kappa shape index (κ3) is 3.95. The Bertz CT molecular complexity index is 979. The topological polar surface area (TPSA) is 57.3 Å². The maximum absolute atomic E-state index is 12.9. The lowest BCUT2D eigenvalue weighted by Gasteiger charge is -2.20. The number of benzene rings is 2. The predicted molar refractivity (Wildman–Crippen MR) is 106 cm³/mol. The number of hydrogen-bond acceptors (Lipinski definition) is 3. The van der Waals surface area contributed by atoms with E-state index in [1.165, 1.54) is 24.3 Å². The Morgan fingerprint density at radius 2 is 1.96 bits per heavy atom. The second-order valence-corrected chi connectivity index (χ2v) is 6.91. The minimum Gasteiger partial charge on any atom is -0.354 e. The zero-order chi connectivity index (χ0) is 18.8. The van der Waals surface area contributed by atoms with E-state index >= 15 is 0 Å². The van der Waals surface area contributed by atoms with Crippen LogP contribution in [0.25, 0.3) is 10.8 Å². The monoisotopic (exact) mass is 384 g/mol. The summed E-state index contributed by atoms with van der Waals surface area (Å²) in [5, 5.41) is 8.21. The van der Waals surface area contributed by atoms with Crippen molar-refractivity contribution >= 4 is 39.9 Å². The second kappa shape index (κ2) is 7.40. The average Bonchev–Trinajstić information content (AvgIpc) is 3.11. The van der Waals surface area contributed by atoms with E-state index < -0.39 is 0 Å². The van der Waals surface area contributed by atoms with Gasteiger partial charge in [0.2, 0.25) is 0 Å². The Balaban J connectivity index is 1.43. The number of rotatable bonds is 3. The molecule has 1 fully saturated rings. The number of nitrogens with zero attached hydrogens (tertiary/aromatic N) is 2. The lowest BCUT2D eigenvalue weighted by Crippen LogP contribution is -2.39. The molecule has 0 saturated carbocycles. The number of halogens is 2. The predicted octanol–water partition coefficient (Wildman–Crippen LogP) is 4.43. The molecule has 3 aromatic rings. The van der Waals surface area contributed by atoms with Crippen LogP contribution in [0.2, 0.25) is 5.15 Å². The van der Waals surface area contributed by atoms with Crippen molar-refractivity contribution in [3.63, 3.8) is 0 Å². The van der Waals surface area contributed by atoms with Gasteiger partial charge in [-0.1, -0.05) is 35.9 Å². The molecule has 1 unspecified atom stereocenters. The summed E-state index contributed by atoms with van der Waals surface area (Å²) in [4.78, 5) is 18.8. The van der Waals surface area contributed by atoms with Gasteiger partial charge >= 0.3 is 6.03 Å². The van der Waals surface area contributed by atoms with Gasteiger partial charge in [-0.05, 0) is 42.1 Å². The first kappa shape index (κ1) is 17.5. The van der Waals surface area contributed by atoms with Gasteiger partial charge in [0.25, 0.3) is 0 Å². The fraction of sp³-hybridized carbons (Fsp3) is 0.200. The van der Waals surface area contributed by atoms with Crippen molar-refractivity contribution in [2.75, 3.05) is 23.3 Å². The number of anilines is 2. The number of aromatic nitrogens is 1. The Kier molecular flexibility index (Phi) is 4.81. The van der Waals surface area contributed by atoms with Gasteiger partial charge < -0.3 is 15.5 Å². The summed E-state index contributed by atoms with van der Waals surface area (Å²) in [5.74, 6) is 0.495. The number of amides is 2. The summed E-state index contributed by atoms with van der Waals surface area (Å²) in [6.07, 6.45) is 0.805. The van der Waals surface area contributed by atoms with E-state index in [2.05, 4.69) is 20.5 Å². The Hall–Kier alpha value is -2.86. The number of nitrogens with one attached hydrogen (secondary N) is 2. The van der Waals surface area contributed by atoms with Crippen LogP contribution in [0.15, 0.2) is 54.6 Å². The largest absolute Gasteiger partial charge is 0.354 e. The minimum atomic E-state index is -0.339. The van der Waals surface area contributed by atoms with Crippen LogP contribution in [0.1, 0.15) is 6.42 Å². The molecule has 2 heterocycles. The van der Waals surface area contributed by atoms with Crippen LogP contribution in [0, 0.1) is 5.82 Å². The highest BCUT2D eigenvalue weighted by molar-refractivity contribution is 6.30. The molecule has 138 valence electrons. The number of pyridine rings is 1. The van der Waals surface area contributed by atoms with Gasteiger partial charge in [-0.2, -0.15) is 0 Å². The van der Waals surface area contributed by atoms with Crippen molar-refractivity contribution in [1.29, 1.82) is 0 Å². The van der Waals surface area contributed by atoms with E-state index in [9.17, 15) is 9.18 Å². The van der Waals surface area contributed by atoms with Gasteiger partial charge in [-0.15, -0.1) is 0 Å². The molecule has 1 saturated heterocycles. The van der Waals surface area contributed by atoms with E-state index in [4.69, 9.17) is 11.6 Å². The van der Waals surface area contributed by atoms with Crippen molar-refractivity contribution in [1.82, 2.24) is 10.3 Å². The molecule has 0 spiro atoms. The van der Waals surface area contributed by atoms with Gasteiger partial charge in [0.1, 0.15) is 16.8 Å². The summed E-state index contributed by atoms with van der Waals surface area (Å²) in [6.45, 7) is 1.42. The van der Waals surface area contributed by atoms with Crippen molar-refractivity contribution in [3.05, 3.63) is 65.6 Å². The molecule has 1 aliphatic rings. The minimum absolute atomic E-state index is 0.00927. The molecule has 0 bridgehead atoms. The molecule has 2 N–H and O–H groups in total. The molecular weight excluding hydrogens is 367 g/mol. The summed E-state index contributed by atoms with van der Waals surface area (Å²) in [7, 11) is 0. The molecule has 1 atom stereocenters.